The Hall–Kier alpha value is -1.56. The fraction of sp³-hybridized carbons (Fsp3) is 0.273. The lowest BCUT2D eigenvalue weighted by atomic mass is 9.99. The van der Waals surface area contributed by atoms with E-state index in [1.807, 2.05) is 0 Å². The van der Waals surface area contributed by atoms with Gasteiger partial charge in [0.05, 0.1) is 6.10 Å². The standard InChI is InChI=1S/C11H10O5/c1-5(12)6-3-2-4-7-8(6)10(14)11(15,16)9(7)13/h2-5,12,15-16H,1H3. The molecule has 0 fully saturated rings. The number of carbonyl (C=O) groups is 2. The zero-order chi connectivity index (χ0) is 12.1. The minimum Gasteiger partial charge on any atom is -0.389 e. The summed E-state index contributed by atoms with van der Waals surface area (Å²) in [7, 11) is 0. The summed E-state index contributed by atoms with van der Waals surface area (Å²) in [6, 6.07) is 4.28. The molecule has 0 bridgehead atoms. The zero-order valence-corrected chi connectivity index (χ0v) is 8.47. The van der Waals surface area contributed by atoms with E-state index in [1.165, 1.54) is 25.1 Å². The van der Waals surface area contributed by atoms with E-state index in [0.717, 1.165) is 0 Å². The molecule has 0 aromatic heterocycles. The van der Waals surface area contributed by atoms with Crippen molar-refractivity contribution in [1.82, 2.24) is 0 Å². The SMILES string of the molecule is CC(O)c1cccc2c1C(=O)C(O)(O)C2=O. The van der Waals surface area contributed by atoms with Crippen LogP contribution in [0.4, 0.5) is 0 Å². The number of hydrogen-bond donors (Lipinski definition) is 3. The predicted octanol–water partition coefficient (Wildman–Crippen LogP) is -0.200. The molecule has 1 aromatic rings. The summed E-state index contributed by atoms with van der Waals surface area (Å²) in [6.45, 7) is 1.43. The molecule has 0 radical (unpaired) electrons. The van der Waals surface area contributed by atoms with Crippen LogP contribution >= 0.6 is 0 Å². The number of aliphatic hydroxyl groups is 3. The maximum Gasteiger partial charge on any atom is 0.295 e. The van der Waals surface area contributed by atoms with Gasteiger partial charge >= 0.3 is 0 Å². The average Bonchev–Trinajstić information content (AvgIpc) is 2.40. The Bertz CT molecular complexity index is 487. The highest BCUT2D eigenvalue weighted by atomic mass is 16.5. The summed E-state index contributed by atoms with van der Waals surface area (Å²) in [6.07, 6.45) is -0.958. The molecule has 16 heavy (non-hydrogen) atoms. The Balaban J connectivity index is 2.73. The Kier molecular flexibility index (Phi) is 2.20. The molecular weight excluding hydrogens is 212 g/mol. The van der Waals surface area contributed by atoms with Crippen LogP contribution < -0.4 is 0 Å². The molecule has 84 valence electrons. The molecule has 1 atom stereocenters. The number of fused-ring (bicyclic) bond motifs is 1. The number of ketones is 2. The molecule has 0 heterocycles. The van der Waals surface area contributed by atoms with Crippen molar-refractivity contribution >= 4 is 11.6 Å². The van der Waals surface area contributed by atoms with Gasteiger partial charge < -0.3 is 15.3 Å². The molecule has 1 aliphatic rings. The van der Waals surface area contributed by atoms with Crippen molar-refractivity contribution in [2.45, 2.75) is 18.8 Å². The molecule has 5 heteroatoms. The largest absolute Gasteiger partial charge is 0.389 e. The summed E-state index contributed by atoms with van der Waals surface area (Å²) in [5.41, 5.74) is 0.0572. The smallest absolute Gasteiger partial charge is 0.295 e. The van der Waals surface area contributed by atoms with Gasteiger partial charge in [-0.25, -0.2) is 0 Å². The van der Waals surface area contributed by atoms with E-state index in [0.29, 0.717) is 0 Å². The summed E-state index contributed by atoms with van der Waals surface area (Å²) in [5, 5.41) is 28.1. The fourth-order valence-corrected chi connectivity index (χ4v) is 1.83. The second kappa shape index (κ2) is 3.21. The first-order valence-corrected chi connectivity index (χ1v) is 4.72. The van der Waals surface area contributed by atoms with Crippen molar-refractivity contribution in [2.75, 3.05) is 0 Å². The molecule has 1 aromatic carbocycles. The maximum atomic E-state index is 11.6. The molecule has 0 spiro atoms. The normalized spacial score (nSPS) is 19.8. The minimum atomic E-state index is -2.99. The van der Waals surface area contributed by atoms with E-state index >= 15 is 0 Å². The van der Waals surface area contributed by atoms with E-state index in [1.54, 1.807) is 0 Å². The van der Waals surface area contributed by atoms with Crippen molar-refractivity contribution < 1.29 is 24.9 Å². The molecule has 0 saturated heterocycles. The molecule has 1 unspecified atom stereocenters. The van der Waals surface area contributed by atoms with Gasteiger partial charge in [-0.05, 0) is 12.5 Å². The average molecular weight is 222 g/mol. The molecule has 0 saturated carbocycles. The van der Waals surface area contributed by atoms with E-state index in [2.05, 4.69) is 0 Å². The van der Waals surface area contributed by atoms with Gasteiger partial charge in [-0.15, -0.1) is 0 Å². The maximum absolute atomic E-state index is 11.6. The monoisotopic (exact) mass is 222 g/mol. The highest BCUT2D eigenvalue weighted by Gasteiger charge is 2.52. The first kappa shape index (κ1) is 10.9. The van der Waals surface area contributed by atoms with Crippen molar-refractivity contribution in [3.05, 3.63) is 34.9 Å². The van der Waals surface area contributed by atoms with Crippen LogP contribution in [0.15, 0.2) is 18.2 Å². The van der Waals surface area contributed by atoms with Crippen LogP contribution in [0.2, 0.25) is 0 Å². The summed E-state index contributed by atoms with van der Waals surface area (Å²) >= 11 is 0. The molecule has 1 aliphatic carbocycles. The van der Waals surface area contributed by atoms with Crippen molar-refractivity contribution in [2.24, 2.45) is 0 Å². The lowest BCUT2D eigenvalue weighted by Crippen LogP contribution is -2.40. The molecule has 3 N–H and O–H groups in total. The fourth-order valence-electron chi connectivity index (χ4n) is 1.83. The Labute approximate surface area is 91.0 Å². The Morgan fingerprint density at radius 1 is 1.19 bits per heavy atom. The lowest BCUT2D eigenvalue weighted by molar-refractivity contribution is -0.0858. The van der Waals surface area contributed by atoms with Crippen molar-refractivity contribution in [3.63, 3.8) is 0 Å². The first-order valence-electron chi connectivity index (χ1n) is 4.72. The van der Waals surface area contributed by atoms with Crippen LogP contribution in [0.3, 0.4) is 0 Å². The molecule has 2 rings (SSSR count). The van der Waals surface area contributed by atoms with Gasteiger partial charge in [-0.2, -0.15) is 0 Å². The molecular formula is C11H10O5. The van der Waals surface area contributed by atoms with Crippen LogP contribution in [-0.4, -0.2) is 32.7 Å². The van der Waals surface area contributed by atoms with Crippen LogP contribution in [-0.2, 0) is 0 Å². The third kappa shape index (κ3) is 1.23. The second-order valence-corrected chi connectivity index (χ2v) is 3.78. The van der Waals surface area contributed by atoms with Gasteiger partial charge in [0.1, 0.15) is 0 Å². The quantitative estimate of drug-likeness (QED) is 0.452. The number of aliphatic hydroxyl groups excluding tert-OH is 1. The van der Waals surface area contributed by atoms with Gasteiger partial charge in [0.25, 0.3) is 5.79 Å². The minimum absolute atomic E-state index is 0.0617. The number of rotatable bonds is 1. The number of Topliss-reactive ketones (excluding diaryl/α,β-unsaturated/α-hetero) is 2. The molecule has 0 amide bonds. The summed E-state index contributed by atoms with van der Waals surface area (Å²) in [4.78, 5) is 23.1. The second-order valence-electron chi connectivity index (χ2n) is 3.78. The Morgan fingerprint density at radius 3 is 2.38 bits per heavy atom. The van der Waals surface area contributed by atoms with Crippen LogP contribution in [0.25, 0.3) is 0 Å². The predicted molar refractivity (Wildman–Crippen MR) is 52.9 cm³/mol. The van der Waals surface area contributed by atoms with E-state index < -0.39 is 23.5 Å². The zero-order valence-electron chi connectivity index (χ0n) is 8.47. The van der Waals surface area contributed by atoms with Crippen LogP contribution in [0, 0.1) is 0 Å². The molecule has 5 nitrogen and oxygen atoms in total. The van der Waals surface area contributed by atoms with E-state index in [4.69, 9.17) is 0 Å². The van der Waals surface area contributed by atoms with E-state index in [9.17, 15) is 24.9 Å². The summed E-state index contributed by atoms with van der Waals surface area (Å²) in [5.74, 6) is -5.12. The van der Waals surface area contributed by atoms with Crippen LogP contribution in [0.5, 0.6) is 0 Å². The highest BCUT2D eigenvalue weighted by Crippen LogP contribution is 2.33. The van der Waals surface area contributed by atoms with Gasteiger partial charge in [-0.1, -0.05) is 18.2 Å². The third-order valence-electron chi connectivity index (χ3n) is 2.65. The first-order chi connectivity index (χ1) is 7.37. The third-order valence-corrected chi connectivity index (χ3v) is 2.65. The summed E-state index contributed by atoms with van der Waals surface area (Å²) < 4.78 is 0. The highest BCUT2D eigenvalue weighted by molar-refractivity contribution is 6.31. The van der Waals surface area contributed by atoms with Gasteiger partial charge in [0.2, 0.25) is 11.6 Å². The topological polar surface area (TPSA) is 94.8 Å². The number of hydrogen-bond acceptors (Lipinski definition) is 5. The van der Waals surface area contributed by atoms with Gasteiger partial charge in [0, 0.05) is 11.1 Å². The number of benzene rings is 1. The van der Waals surface area contributed by atoms with Crippen molar-refractivity contribution in [1.29, 1.82) is 0 Å². The van der Waals surface area contributed by atoms with Gasteiger partial charge in [-0.3, -0.25) is 9.59 Å². The van der Waals surface area contributed by atoms with Crippen molar-refractivity contribution in [3.8, 4) is 0 Å². The van der Waals surface area contributed by atoms with E-state index in [-0.39, 0.29) is 16.7 Å². The number of carbonyl (C=O) groups excluding carboxylic acids is 2. The lowest BCUT2D eigenvalue weighted by Gasteiger charge is -2.10. The van der Waals surface area contributed by atoms with Crippen LogP contribution in [0.1, 0.15) is 39.3 Å². The van der Waals surface area contributed by atoms with Gasteiger partial charge in [0.15, 0.2) is 0 Å². The molecule has 0 aliphatic heterocycles. The Morgan fingerprint density at radius 2 is 1.81 bits per heavy atom.